The molecule has 1 amide bonds. The van der Waals surface area contributed by atoms with Gasteiger partial charge in [-0.25, -0.2) is 4.39 Å². The molecule has 2 unspecified atom stereocenters. The van der Waals surface area contributed by atoms with Gasteiger partial charge in [0.15, 0.2) is 5.78 Å². The molecule has 0 aliphatic heterocycles. The van der Waals surface area contributed by atoms with E-state index in [1.165, 1.54) is 12.1 Å². The van der Waals surface area contributed by atoms with E-state index in [2.05, 4.69) is 5.32 Å². The molecule has 0 fully saturated rings. The molecule has 136 valence electrons. The molecule has 0 saturated heterocycles. The van der Waals surface area contributed by atoms with Crippen LogP contribution in [0.3, 0.4) is 0 Å². The largest absolute Gasteiger partial charge is 0.396 e. The van der Waals surface area contributed by atoms with Crippen LogP contribution in [0.5, 0.6) is 0 Å². The summed E-state index contributed by atoms with van der Waals surface area (Å²) in [7, 11) is 0. The standard InChI is InChI=1S/C18H23FN2O4/c1-11(9-21-17(25)16(24)18(2,3)10-22)6-15(23)13-7-12(8-20)4-5-14(13)19/h4-5,7,11,16,22,24H,6,9-10H2,1-3H3,(H,21,25). The van der Waals surface area contributed by atoms with Gasteiger partial charge >= 0.3 is 0 Å². The second-order valence-corrected chi connectivity index (χ2v) is 6.83. The van der Waals surface area contributed by atoms with Gasteiger partial charge in [-0.1, -0.05) is 20.8 Å². The van der Waals surface area contributed by atoms with Crippen molar-refractivity contribution in [2.24, 2.45) is 11.3 Å². The van der Waals surface area contributed by atoms with Gasteiger partial charge in [-0.15, -0.1) is 0 Å². The van der Waals surface area contributed by atoms with Crippen LogP contribution in [0.1, 0.15) is 43.1 Å². The maximum Gasteiger partial charge on any atom is 0.249 e. The van der Waals surface area contributed by atoms with Gasteiger partial charge in [0.1, 0.15) is 11.9 Å². The molecule has 0 aromatic heterocycles. The van der Waals surface area contributed by atoms with Crippen molar-refractivity contribution in [3.8, 4) is 6.07 Å². The Hall–Kier alpha value is -2.30. The Morgan fingerprint density at radius 2 is 2.04 bits per heavy atom. The van der Waals surface area contributed by atoms with Gasteiger partial charge in [0.2, 0.25) is 5.91 Å². The molecule has 0 heterocycles. The highest BCUT2D eigenvalue weighted by Gasteiger charge is 2.33. The number of nitrogens with zero attached hydrogens (tertiary/aromatic N) is 1. The Bertz CT molecular complexity index is 682. The molecule has 0 saturated carbocycles. The summed E-state index contributed by atoms with van der Waals surface area (Å²) in [6.07, 6.45) is -1.41. The lowest BCUT2D eigenvalue weighted by atomic mass is 9.87. The zero-order valence-electron chi connectivity index (χ0n) is 14.5. The fourth-order valence-electron chi connectivity index (χ4n) is 2.12. The van der Waals surface area contributed by atoms with Gasteiger partial charge in [0.25, 0.3) is 0 Å². The quantitative estimate of drug-likeness (QED) is 0.614. The zero-order chi connectivity index (χ0) is 19.2. The van der Waals surface area contributed by atoms with Gasteiger partial charge < -0.3 is 15.5 Å². The van der Waals surface area contributed by atoms with Crippen LogP contribution in [-0.2, 0) is 4.79 Å². The number of hydrogen-bond donors (Lipinski definition) is 3. The van der Waals surface area contributed by atoms with Crippen molar-refractivity contribution in [2.45, 2.75) is 33.3 Å². The molecular formula is C18H23FN2O4. The van der Waals surface area contributed by atoms with E-state index in [9.17, 15) is 19.1 Å². The molecule has 0 aliphatic rings. The number of carbonyl (C=O) groups excluding carboxylic acids is 2. The molecule has 25 heavy (non-hydrogen) atoms. The third kappa shape index (κ3) is 5.62. The Kier molecular flexibility index (Phi) is 7.22. The van der Waals surface area contributed by atoms with E-state index in [0.717, 1.165) is 6.07 Å². The molecule has 0 aliphatic carbocycles. The van der Waals surface area contributed by atoms with Crippen molar-refractivity contribution in [1.29, 1.82) is 5.26 Å². The average molecular weight is 350 g/mol. The number of benzene rings is 1. The smallest absolute Gasteiger partial charge is 0.249 e. The van der Waals surface area contributed by atoms with Crippen LogP contribution < -0.4 is 5.32 Å². The number of aliphatic hydroxyl groups excluding tert-OH is 2. The maximum atomic E-state index is 13.7. The molecule has 0 bridgehead atoms. The highest BCUT2D eigenvalue weighted by molar-refractivity contribution is 5.96. The van der Waals surface area contributed by atoms with Gasteiger partial charge in [-0.05, 0) is 24.1 Å². The first-order chi connectivity index (χ1) is 11.6. The van der Waals surface area contributed by atoms with E-state index in [1.54, 1.807) is 20.8 Å². The van der Waals surface area contributed by atoms with E-state index >= 15 is 0 Å². The van der Waals surface area contributed by atoms with E-state index in [4.69, 9.17) is 10.4 Å². The van der Waals surface area contributed by atoms with Crippen LogP contribution in [0.4, 0.5) is 4.39 Å². The fraction of sp³-hybridized carbons (Fsp3) is 0.500. The number of amides is 1. The number of nitrogens with one attached hydrogen (secondary N) is 1. The third-order valence-corrected chi connectivity index (χ3v) is 3.95. The van der Waals surface area contributed by atoms with Crippen molar-refractivity contribution in [3.63, 3.8) is 0 Å². The average Bonchev–Trinajstić information content (AvgIpc) is 2.59. The minimum absolute atomic E-state index is 0.0223. The summed E-state index contributed by atoms with van der Waals surface area (Å²) < 4.78 is 13.7. The summed E-state index contributed by atoms with van der Waals surface area (Å²) >= 11 is 0. The molecule has 2 atom stereocenters. The first-order valence-corrected chi connectivity index (χ1v) is 7.92. The van der Waals surface area contributed by atoms with Gasteiger partial charge in [-0.3, -0.25) is 9.59 Å². The predicted octanol–water partition coefficient (Wildman–Crippen LogP) is 1.40. The van der Waals surface area contributed by atoms with Crippen LogP contribution in [0.15, 0.2) is 18.2 Å². The summed E-state index contributed by atoms with van der Waals surface area (Å²) in [4.78, 5) is 24.1. The van der Waals surface area contributed by atoms with Gasteiger partial charge in [0, 0.05) is 18.4 Å². The molecule has 7 heteroatoms. The molecule has 0 spiro atoms. The molecule has 1 rings (SSSR count). The zero-order valence-corrected chi connectivity index (χ0v) is 14.5. The fourth-order valence-corrected chi connectivity index (χ4v) is 2.12. The number of aliphatic hydroxyl groups is 2. The van der Waals surface area contributed by atoms with E-state index in [-0.39, 0.29) is 36.6 Å². The molecule has 1 aromatic rings. The summed E-state index contributed by atoms with van der Waals surface area (Å²) in [5.41, 5.74) is -0.942. The Morgan fingerprint density at radius 3 is 2.60 bits per heavy atom. The predicted molar refractivity (Wildman–Crippen MR) is 89.1 cm³/mol. The van der Waals surface area contributed by atoms with Gasteiger partial charge in [0.05, 0.1) is 23.8 Å². The lowest BCUT2D eigenvalue weighted by molar-refractivity contribution is -0.137. The summed E-state index contributed by atoms with van der Waals surface area (Å²) in [5.74, 6) is -2.10. The summed E-state index contributed by atoms with van der Waals surface area (Å²) in [6, 6.07) is 5.42. The topological polar surface area (TPSA) is 110 Å². The lowest BCUT2D eigenvalue weighted by Gasteiger charge is -2.27. The minimum Gasteiger partial charge on any atom is -0.396 e. The van der Waals surface area contributed by atoms with Crippen LogP contribution in [0, 0.1) is 28.5 Å². The van der Waals surface area contributed by atoms with Crippen molar-refractivity contribution in [2.75, 3.05) is 13.2 Å². The molecular weight excluding hydrogens is 327 g/mol. The third-order valence-electron chi connectivity index (χ3n) is 3.95. The first-order valence-electron chi connectivity index (χ1n) is 7.92. The summed E-state index contributed by atoms with van der Waals surface area (Å²) in [6.45, 7) is 4.56. The Morgan fingerprint density at radius 1 is 1.40 bits per heavy atom. The van der Waals surface area contributed by atoms with E-state index in [1.807, 2.05) is 6.07 Å². The molecule has 0 radical (unpaired) electrons. The second kappa shape index (κ2) is 8.70. The molecule has 6 nitrogen and oxygen atoms in total. The second-order valence-electron chi connectivity index (χ2n) is 6.83. The number of halogens is 1. The Labute approximate surface area is 146 Å². The SMILES string of the molecule is CC(CNC(=O)C(O)C(C)(C)CO)CC(=O)c1cc(C#N)ccc1F. The molecule has 3 N–H and O–H groups in total. The van der Waals surface area contributed by atoms with E-state index < -0.39 is 29.0 Å². The van der Waals surface area contributed by atoms with Crippen molar-refractivity contribution in [1.82, 2.24) is 5.32 Å². The van der Waals surface area contributed by atoms with Crippen LogP contribution >= 0.6 is 0 Å². The van der Waals surface area contributed by atoms with Crippen LogP contribution in [0.2, 0.25) is 0 Å². The number of nitriles is 1. The lowest BCUT2D eigenvalue weighted by Crippen LogP contribution is -2.46. The summed E-state index contributed by atoms with van der Waals surface area (Å²) in [5, 5.41) is 30.4. The first kappa shape index (κ1) is 20.7. The number of ketones is 1. The number of hydrogen-bond acceptors (Lipinski definition) is 5. The number of carbonyl (C=O) groups is 2. The van der Waals surface area contributed by atoms with Crippen molar-refractivity contribution >= 4 is 11.7 Å². The van der Waals surface area contributed by atoms with Gasteiger partial charge in [-0.2, -0.15) is 5.26 Å². The monoisotopic (exact) mass is 350 g/mol. The Balaban J connectivity index is 2.63. The minimum atomic E-state index is -1.38. The maximum absolute atomic E-state index is 13.7. The number of rotatable bonds is 8. The van der Waals surface area contributed by atoms with E-state index in [0.29, 0.717) is 0 Å². The van der Waals surface area contributed by atoms with Crippen molar-refractivity contribution in [3.05, 3.63) is 35.1 Å². The van der Waals surface area contributed by atoms with Crippen LogP contribution in [-0.4, -0.2) is 41.2 Å². The van der Waals surface area contributed by atoms with Crippen molar-refractivity contribution < 1.29 is 24.2 Å². The molecule has 1 aromatic carbocycles. The normalized spacial score (nSPS) is 13.6. The highest BCUT2D eigenvalue weighted by Crippen LogP contribution is 2.20. The van der Waals surface area contributed by atoms with Crippen LogP contribution in [0.25, 0.3) is 0 Å². The highest BCUT2D eigenvalue weighted by atomic mass is 19.1. The number of Topliss-reactive ketones (excluding diaryl/α,β-unsaturated/α-hetero) is 1.